The minimum Gasteiger partial charge on any atom is -0.269 e. The van der Waals surface area contributed by atoms with Gasteiger partial charge in [0, 0.05) is 17.5 Å². The maximum absolute atomic E-state index is 13.5. The summed E-state index contributed by atoms with van der Waals surface area (Å²) in [5.74, 6) is 0.412. The zero-order valence-corrected chi connectivity index (χ0v) is 19.4. The van der Waals surface area contributed by atoms with E-state index in [2.05, 4.69) is 11.1 Å². The number of nitrogens with zero attached hydrogens (tertiary/aromatic N) is 4. The molecule has 0 amide bonds. The van der Waals surface area contributed by atoms with Crippen molar-refractivity contribution < 1.29 is 0 Å². The van der Waals surface area contributed by atoms with Crippen LogP contribution in [0.15, 0.2) is 81.5 Å². The zero-order valence-electron chi connectivity index (χ0n) is 18.6. The van der Waals surface area contributed by atoms with Crippen LogP contribution in [0.5, 0.6) is 0 Å². The molecule has 6 nitrogen and oxygen atoms in total. The third-order valence-corrected chi connectivity index (χ3v) is 6.46. The van der Waals surface area contributed by atoms with E-state index in [1.165, 1.54) is 11.8 Å². The quantitative estimate of drug-likeness (QED) is 0.293. The largest absolute Gasteiger partial charge is 0.269 e. The Morgan fingerprint density at radius 2 is 1.61 bits per heavy atom. The van der Waals surface area contributed by atoms with Crippen molar-refractivity contribution in [3.63, 3.8) is 0 Å². The van der Waals surface area contributed by atoms with E-state index in [0.29, 0.717) is 33.2 Å². The molecule has 0 aliphatic rings. The molecule has 0 spiro atoms. The summed E-state index contributed by atoms with van der Waals surface area (Å²) in [6.45, 7) is 5.90. The molecule has 3 heterocycles. The van der Waals surface area contributed by atoms with Crippen LogP contribution in [0.2, 0.25) is 0 Å². The standard InChI is InChI=1S/C26H22N4O2S/c1-16-11-17(2)13-20(12-16)30-25(32)21-8-4-5-9-22(21)28-26(30)33-15-19-14-24(31)29-18(3)7-6-10-23(29)27-19/h4-14H,15H2,1-3H3. The van der Waals surface area contributed by atoms with Crippen molar-refractivity contribution in [2.45, 2.75) is 31.7 Å². The minimum atomic E-state index is -0.119. The Morgan fingerprint density at radius 3 is 2.39 bits per heavy atom. The van der Waals surface area contributed by atoms with E-state index < -0.39 is 0 Å². The third-order valence-electron chi connectivity index (χ3n) is 5.49. The Kier molecular flexibility index (Phi) is 5.34. The molecule has 0 saturated carbocycles. The molecular weight excluding hydrogens is 432 g/mol. The predicted octanol–water partition coefficient (Wildman–Crippen LogP) is 4.61. The lowest BCUT2D eigenvalue weighted by molar-refractivity contribution is 0.817. The second kappa shape index (κ2) is 8.33. The highest BCUT2D eigenvalue weighted by Gasteiger charge is 2.15. The van der Waals surface area contributed by atoms with Crippen LogP contribution in [0.3, 0.4) is 0 Å². The molecule has 7 heteroatoms. The molecule has 0 atom stereocenters. The van der Waals surface area contributed by atoms with Crippen LogP contribution in [0.4, 0.5) is 0 Å². The number of benzene rings is 2. The van der Waals surface area contributed by atoms with Gasteiger partial charge in [-0.3, -0.25) is 18.6 Å². The first kappa shape index (κ1) is 21.2. The maximum atomic E-state index is 13.5. The highest BCUT2D eigenvalue weighted by molar-refractivity contribution is 7.98. The first-order valence-electron chi connectivity index (χ1n) is 10.6. The summed E-state index contributed by atoms with van der Waals surface area (Å²) in [4.78, 5) is 35.6. The first-order valence-corrected chi connectivity index (χ1v) is 11.6. The lowest BCUT2D eigenvalue weighted by Gasteiger charge is -2.14. The fraction of sp³-hybridized carbons (Fsp3) is 0.154. The SMILES string of the molecule is Cc1cc(C)cc(-n2c(SCc3cc(=O)n4c(C)cccc4n3)nc3ccccc3c2=O)c1. The van der Waals surface area contributed by atoms with Gasteiger partial charge in [0.25, 0.3) is 11.1 Å². The summed E-state index contributed by atoms with van der Waals surface area (Å²) >= 11 is 1.40. The van der Waals surface area contributed by atoms with Gasteiger partial charge in [0.1, 0.15) is 5.65 Å². The lowest BCUT2D eigenvalue weighted by atomic mass is 10.1. The van der Waals surface area contributed by atoms with Crippen molar-refractivity contribution in [3.8, 4) is 5.69 Å². The van der Waals surface area contributed by atoms with Crippen LogP contribution < -0.4 is 11.1 Å². The number of para-hydroxylation sites is 1. The first-order chi connectivity index (χ1) is 15.9. The van der Waals surface area contributed by atoms with Crippen molar-refractivity contribution in [3.05, 3.63) is 110 Å². The van der Waals surface area contributed by atoms with Gasteiger partial charge in [0.15, 0.2) is 5.16 Å². The Bertz CT molecular complexity index is 1630. The molecule has 0 aliphatic carbocycles. The van der Waals surface area contributed by atoms with Crippen molar-refractivity contribution in [2.24, 2.45) is 0 Å². The van der Waals surface area contributed by atoms with Crippen LogP contribution in [0.25, 0.3) is 22.2 Å². The Labute approximate surface area is 194 Å². The summed E-state index contributed by atoms with van der Waals surface area (Å²) in [5.41, 5.74) is 5.42. The number of thioether (sulfide) groups is 1. The number of aromatic nitrogens is 4. The minimum absolute atomic E-state index is 0.115. The fourth-order valence-corrected chi connectivity index (χ4v) is 5.00. The van der Waals surface area contributed by atoms with Crippen LogP contribution in [-0.2, 0) is 5.75 Å². The highest BCUT2D eigenvalue weighted by atomic mass is 32.2. The molecule has 2 aromatic carbocycles. The summed E-state index contributed by atoms with van der Waals surface area (Å²) in [7, 11) is 0. The van der Waals surface area contributed by atoms with Crippen LogP contribution in [0, 0.1) is 20.8 Å². The molecule has 0 saturated heterocycles. The molecule has 5 aromatic rings. The van der Waals surface area contributed by atoms with Crippen LogP contribution in [0.1, 0.15) is 22.5 Å². The number of aryl methyl sites for hydroxylation is 3. The van der Waals surface area contributed by atoms with E-state index >= 15 is 0 Å². The van der Waals surface area contributed by atoms with Gasteiger partial charge in [-0.2, -0.15) is 0 Å². The molecule has 164 valence electrons. The van der Waals surface area contributed by atoms with E-state index in [4.69, 9.17) is 4.98 Å². The topological polar surface area (TPSA) is 69.3 Å². The summed E-state index contributed by atoms with van der Waals surface area (Å²) in [6, 6.07) is 20.5. The molecule has 0 aliphatic heterocycles. The van der Waals surface area contributed by atoms with Gasteiger partial charge in [-0.25, -0.2) is 9.97 Å². The molecule has 5 rings (SSSR count). The average molecular weight is 455 g/mol. The summed E-state index contributed by atoms with van der Waals surface area (Å²) in [6.07, 6.45) is 0. The van der Waals surface area contributed by atoms with Crippen molar-refractivity contribution in [1.29, 1.82) is 0 Å². The molecule has 3 aromatic heterocycles. The Morgan fingerprint density at radius 1 is 0.848 bits per heavy atom. The van der Waals surface area contributed by atoms with Crippen molar-refractivity contribution in [1.82, 2.24) is 18.9 Å². The monoisotopic (exact) mass is 454 g/mol. The summed E-state index contributed by atoms with van der Waals surface area (Å²) < 4.78 is 3.25. The smallest absolute Gasteiger partial charge is 0.266 e. The van der Waals surface area contributed by atoms with Crippen LogP contribution in [-0.4, -0.2) is 18.9 Å². The number of pyridine rings is 1. The van der Waals surface area contributed by atoms with E-state index in [9.17, 15) is 9.59 Å². The second-order valence-electron chi connectivity index (χ2n) is 8.13. The van der Waals surface area contributed by atoms with Crippen molar-refractivity contribution >= 4 is 28.3 Å². The molecule has 0 bridgehead atoms. The zero-order chi connectivity index (χ0) is 23.1. The Balaban J connectivity index is 1.63. The van der Waals surface area contributed by atoms with Gasteiger partial charge >= 0.3 is 0 Å². The number of hydrogen-bond donors (Lipinski definition) is 0. The second-order valence-corrected chi connectivity index (χ2v) is 9.08. The average Bonchev–Trinajstić information content (AvgIpc) is 2.77. The normalized spacial score (nSPS) is 11.4. The molecule has 0 radical (unpaired) electrons. The molecular formula is C26H22N4O2S. The van der Waals surface area contributed by atoms with E-state index in [1.54, 1.807) is 21.1 Å². The molecule has 0 fully saturated rings. The Hall–Kier alpha value is -3.71. The van der Waals surface area contributed by atoms with Gasteiger partial charge < -0.3 is 0 Å². The fourth-order valence-electron chi connectivity index (χ4n) is 4.09. The van der Waals surface area contributed by atoms with Gasteiger partial charge in [-0.05, 0) is 68.3 Å². The van der Waals surface area contributed by atoms with Gasteiger partial charge in [0.05, 0.1) is 22.3 Å². The van der Waals surface area contributed by atoms with E-state index in [-0.39, 0.29) is 11.1 Å². The number of fused-ring (bicyclic) bond motifs is 2. The summed E-state index contributed by atoms with van der Waals surface area (Å²) in [5, 5.41) is 1.13. The molecule has 33 heavy (non-hydrogen) atoms. The molecule has 0 unspecified atom stereocenters. The van der Waals surface area contributed by atoms with Gasteiger partial charge in [-0.15, -0.1) is 0 Å². The predicted molar refractivity (Wildman–Crippen MR) is 133 cm³/mol. The van der Waals surface area contributed by atoms with Crippen LogP contribution >= 0.6 is 11.8 Å². The maximum Gasteiger partial charge on any atom is 0.266 e. The molecule has 0 N–H and O–H groups in total. The van der Waals surface area contributed by atoms with E-state index in [1.807, 2.05) is 69.3 Å². The lowest BCUT2D eigenvalue weighted by Crippen LogP contribution is -2.22. The van der Waals surface area contributed by atoms with Gasteiger partial charge in [-0.1, -0.05) is 36.0 Å². The highest BCUT2D eigenvalue weighted by Crippen LogP contribution is 2.25. The number of rotatable bonds is 4. The number of hydrogen-bond acceptors (Lipinski definition) is 5. The van der Waals surface area contributed by atoms with Crippen molar-refractivity contribution in [2.75, 3.05) is 0 Å². The van der Waals surface area contributed by atoms with Gasteiger partial charge in [0.2, 0.25) is 0 Å². The van der Waals surface area contributed by atoms with E-state index in [0.717, 1.165) is 22.5 Å². The third kappa shape index (κ3) is 3.96.